The van der Waals surface area contributed by atoms with Gasteiger partial charge in [-0.1, -0.05) is 30.4 Å². The van der Waals surface area contributed by atoms with Crippen LogP contribution in [0.4, 0.5) is 5.69 Å². The number of likely N-dealkylation sites (tertiary alicyclic amines) is 1. The van der Waals surface area contributed by atoms with E-state index in [-0.39, 0.29) is 36.1 Å². The van der Waals surface area contributed by atoms with E-state index in [1.54, 1.807) is 4.90 Å². The van der Waals surface area contributed by atoms with Crippen LogP contribution in [-0.2, 0) is 20.8 Å². The molecule has 0 unspecified atom stereocenters. The summed E-state index contributed by atoms with van der Waals surface area (Å²) in [4.78, 5) is 40.4. The van der Waals surface area contributed by atoms with Crippen molar-refractivity contribution in [2.45, 2.75) is 19.3 Å². The highest BCUT2D eigenvalue weighted by molar-refractivity contribution is 6.09. The number of fused-ring (bicyclic) bond motifs is 2. The van der Waals surface area contributed by atoms with Gasteiger partial charge in [0.15, 0.2) is 0 Å². The summed E-state index contributed by atoms with van der Waals surface area (Å²) in [6.07, 6.45) is 5.93. The summed E-state index contributed by atoms with van der Waals surface area (Å²) < 4.78 is 0. The van der Waals surface area contributed by atoms with E-state index in [1.807, 2.05) is 36.4 Å². The predicted molar refractivity (Wildman–Crippen MR) is 84.6 cm³/mol. The van der Waals surface area contributed by atoms with Gasteiger partial charge in [0.2, 0.25) is 17.7 Å². The average molecular weight is 310 g/mol. The van der Waals surface area contributed by atoms with Crippen molar-refractivity contribution in [1.29, 1.82) is 0 Å². The van der Waals surface area contributed by atoms with Gasteiger partial charge in [0.1, 0.15) is 6.54 Å². The van der Waals surface area contributed by atoms with Gasteiger partial charge in [-0.3, -0.25) is 19.3 Å². The average Bonchev–Trinajstić information content (AvgIpc) is 3.11. The quantitative estimate of drug-likeness (QED) is 0.615. The SMILES string of the molecule is O=C1[C@H]2CC=CC[C@H]2C(=O)N1CC(=O)N1CCc2ccccc21. The molecule has 3 aliphatic rings. The molecule has 2 aliphatic heterocycles. The van der Waals surface area contributed by atoms with Crippen LogP contribution in [0.5, 0.6) is 0 Å². The van der Waals surface area contributed by atoms with Gasteiger partial charge < -0.3 is 4.90 Å². The molecule has 5 heteroatoms. The maximum absolute atomic E-state index is 12.6. The van der Waals surface area contributed by atoms with Crippen LogP contribution < -0.4 is 4.90 Å². The highest BCUT2D eigenvalue weighted by Crippen LogP contribution is 2.35. The molecule has 4 rings (SSSR count). The van der Waals surface area contributed by atoms with Crippen LogP contribution in [0, 0.1) is 11.8 Å². The Balaban J connectivity index is 1.52. The summed E-state index contributed by atoms with van der Waals surface area (Å²) in [7, 11) is 0. The van der Waals surface area contributed by atoms with Crippen LogP contribution in [0.25, 0.3) is 0 Å². The van der Waals surface area contributed by atoms with E-state index in [2.05, 4.69) is 0 Å². The molecule has 1 aromatic rings. The summed E-state index contributed by atoms with van der Waals surface area (Å²) in [5.41, 5.74) is 2.04. The number of carbonyl (C=O) groups excluding carboxylic acids is 3. The molecule has 0 bridgehead atoms. The third-order valence-corrected chi connectivity index (χ3v) is 5.08. The Labute approximate surface area is 134 Å². The minimum Gasteiger partial charge on any atom is -0.310 e. The Bertz CT molecular complexity index is 699. The van der Waals surface area contributed by atoms with Crippen LogP contribution in [0.2, 0.25) is 0 Å². The first-order valence-electron chi connectivity index (χ1n) is 8.05. The normalized spacial score (nSPS) is 25.7. The number of amides is 3. The molecule has 2 atom stereocenters. The molecule has 0 spiro atoms. The lowest BCUT2D eigenvalue weighted by Crippen LogP contribution is -2.42. The van der Waals surface area contributed by atoms with Crippen LogP contribution in [0.3, 0.4) is 0 Å². The molecule has 5 nitrogen and oxygen atoms in total. The highest BCUT2D eigenvalue weighted by Gasteiger charge is 2.48. The van der Waals surface area contributed by atoms with Crippen LogP contribution in [0.1, 0.15) is 18.4 Å². The Morgan fingerprint density at radius 2 is 1.70 bits per heavy atom. The third-order valence-electron chi connectivity index (χ3n) is 5.08. The summed E-state index contributed by atoms with van der Waals surface area (Å²) in [6, 6.07) is 7.78. The molecular weight excluding hydrogens is 292 g/mol. The fourth-order valence-corrected chi connectivity index (χ4v) is 3.84. The number of para-hydroxylation sites is 1. The minimum absolute atomic E-state index is 0.140. The molecule has 3 amide bonds. The van der Waals surface area contributed by atoms with Crippen molar-refractivity contribution >= 4 is 23.4 Å². The van der Waals surface area contributed by atoms with Crippen molar-refractivity contribution in [3.8, 4) is 0 Å². The van der Waals surface area contributed by atoms with Crippen LogP contribution in [-0.4, -0.2) is 35.7 Å². The number of anilines is 1. The van der Waals surface area contributed by atoms with Gasteiger partial charge >= 0.3 is 0 Å². The lowest BCUT2D eigenvalue weighted by Gasteiger charge is -2.21. The fraction of sp³-hybridized carbons (Fsp3) is 0.389. The number of allylic oxidation sites excluding steroid dienone is 2. The molecule has 0 N–H and O–H groups in total. The van der Waals surface area contributed by atoms with Crippen molar-refractivity contribution in [2.24, 2.45) is 11.8 Å². The number of hydrogen-bond acceptors (Lipinski definition) is 3. The molecule has 0 aromatic heterocycles. The van der Waals surface area contributed by atoms with E-state index < -0.39 is 0 Å². The second kappa shape index (κ2) is 5.33. The Morgan fingerprint density at radius 3 is 2.39 bits per heavy atom. The molecule has 2 heterocycles. The summed E-state index contributed by atoms with van der Waals surface area (Å²) in [5, 5.41) is 0. The predicted octanol–water partition coefficient (Wildman–Crippen LogP) is 1.53. The van der Waals surface area contributed by atoms with E-state index in [9.17, 15) is 14.4 Å². The highest BCUT2D eigenvalue weighted by atomic mass is 16.2. The topological polar surface area (TPSA) is 57.7 Å². The van der Waals surface area contributed by atoms with Gasteiger partial charge in [-0.05, 0) is 30.9 Å². The zero-order chi connectivity index (χ0) is 16.0. The number of imide groups is 1. The number of rotatable bonds is 2. The zero-order valence-corrected chi connectivity index (χ0v) is 12.8. The maximum atomic E-state index is 12.6. The lowest BCUT2D eigenvalue weighted by atomic mass is 9.85. The van der Waals surface area contributed by atoms with Crippen molar-refractivity contribution < 1.29 is 14.4 Å². The van der Waals surface area contributed by atoms with Gasteiger partial charge in [0, 0.05) is 12.2 Å². The number of hydrogen-bond donors (Lipinski definition) is 0. The van der Waals surface area contributed by atoms with Crippen molar-refractivity contribution in [1.82, 2.24) is 4.90 Å². The summed E-state index contributed by atoms with van der Waals surface area (Å²) in [5.74, 6) is -1.10. The largest absolute Gasteiger partial charge is 0.310 e. The number of benzene rings is 1. The van der Waals surface area contributed by atoms with Gasteiger partial charge in [0.05, 0.1) is 11.8 Å². The monoisotopic (exact) mass is 310 g/mol. The summed E-state index contributed by atoms with van der Waals surface area (Å²) in [6.45, 7) is 0.474. The van der Waals surface area contributed by atoms with E-state index in [0.717, 1.165) is 17.7 Å². The first kappa shape index (κ1) is 14.2. The van der Waals surface area contributed by atoms with Crippen LogP contribution >= 0.6 is 0 Å². The molecule has 1 saturated heterocycles. The molecule has 0 saturated carbocycles. The van der Waals surface area contributed by atoms with E-state index >= 15 is 0 Å². The second-order valence-corrected chi connectivity index (χ2v) is 6.34. The molecule has 1 aromatic carbocycles. The van der Waals surface area contributed by atoms with Crippen LogP contribution in [0.15, 0.2) is 36.4 Å². The Kier molecular flexibility index (Phi) is 3.29. The Morgan fingerprint density at radius 1 is 1.04 bits per heavy atom. The van der Waals surface area contributed by atoms with E-state index in [1.165, 1.54) is 4.90 Å². The molecular formula is C18H18N2O3. The third kappa shape index (κ3) is 2.19. The smallest absolute Gasteiger partial charge is 0.247 e. The minimum atomic E-state index is -0.272. The first-order valence-corrected chi connectivity index (χ1v) is 8.05. The zero-order valence-electron chi connectivity index (χ0n) is 12.8. The van der Waals surface area contributed by atoms with Gasteiger partial charge in [0.25, 0.3) is 0 Å². The molecule has 1 fully saturated rings. The van der Waals surface area contributed by atoms with Crippen molar-refractivity contribution in [3.05, 3.63) is 42.0 Å². The van der Waals surface area contributed by atoms with Gasteiger partial charge in [-0.25, -0.2) is 0 Å². The van der Waals surface area contributed by atoms with E-state index in [4.69, 9.17) is 0 Å². The molecule has 1 aliphatic carbocycles. The summed E-state index contributed by atoms with van der Waals surface area (Å²) >= 11 is 0. The molecule has 0 radical (unpaired) electrons. The number of carbonyl (C=O) groups is 3. The maximum Gasteiger partial charge on any atom is 0.247 e. The standard InChI is InChI=1S/C18H18N2O3/c21-16(19-10-9-12-5-1-4-8-15(12)19)11-20-17(22)13-6-2-3-7-14(13)18(20)23/h1-5,8,13-14H,6-7,9-11H2/t13-,14+. The Hall–Kier alpha value is -2.43. The lowest BCUT2D eigenvalue weighted by molar-refractivity contribution is -0.143. The first-order chi connectivity index (χ1) is 11.2. The van der Waals surface area contributed by atoms with Crippen molar-refractivity contribution in [3.63, 3.8) is 0 Å². The van der Waals surface area contributed by atoms with Gasteiger partial charge in [-0.15, -0.1) is 0 Å². The molecule has 23 heavy (non-hydrogen) atoms. The molecule has 118 valence electrons. The van der Waals surface area contributed by atoms with Gasteiger partial charge in [-0.2, -0.15) is 0 Å². The van der Waals surface area contributed by atoms with E-state index in [0.29, 0.717) is 19.4 Å². The second-order valence-electron chi connectivity index (χ2n) is 6.34. The van der Waals surface area contributed by atoms with Crippen molar-refractivity contribution in [2.75, 3.05) is 18.0 Å². The fourth-order valence-electron chi connectivity index (χ4n) is 3.84. The number of nitrogens with zero attached hydrogens (tertiary/aromatic N) is 2.